The van der Waals surface area contributed by atoms with Gasteiger partial charge in [-0.3, -0.25) is 9.78 Å². The van der Waals surface area contributed by atoms with Crippen LogP contribution < -0.4 is 5.32 Å². The Morgan fingerprint density at radius 3 is 3.00 bits per heavy atom. The van der Waals surface area contributed by atoms with Gasteiger partial charge in [-0.15, -0.1) is 11.3 Å². The van der Waals surface area contributed by atoms with Crippen molar-refractivity contribution in [2.75, 3.05) is 6.54 Å². The highest BCUT2D eigenvalue weighted by molar-refractivity contribution is 7.09. The van der Waals surface area contributed by atoms with E-state index in [1.54, 1.807) is 23.7 Å². The molecule has 88 valence electrons. The quantitative estimate of drug-likeness (QED) is 0.877. The highest BCUT2D eigenvalue weighted by Gasteiger charge is 2.02. The monoisotopic (exact) mass is 246 g/mol. The number of hydrogen-bond acceptors (Lipinski definition) is 3. The molecule has 17 heavy (non-hydrogen) atoms. The summed E-state index contributed by atoms with van der Waals surface area (Å²) in [6.45, 7) is 0.694. The summed E-state index contributed by atoms with van der Waals surface area (Å²) >= 11 is 1.72. The van der Waals surface area contributed by atoms with Crippen molar-refractivity contribution in [2.45, 2.75) is 12.8 Å². The molecule has 0 aliphatic heterocycles. The molecule has 2 rings (SSSR count). The number of thiophene rings is 1. The molecule has 0 bridgehead atoms. The van der Waals surface area contributed by atoms with E-state index in [2.05, 4.69) is 16.4 Å². The first kappa shape index (κ1) is 11.8. The van der Waals surface area contributed by atoms with Crippen LogP contribution in [-0.2, 0) is 17.6 Å². The van der Waals surface area contributed by atoms with Crippen molar-refractivity contribution < 1.29 is 4.79 Å². The molecule has 2 heterocycles. The Hall–Kier alpha value is -1.68. The number of rotatable bonds is 5. The maximum Gasteiger partial charge on any atom is 0.224 e. The minimum absolute atomic E-state index is 0.0505. The van der Waals surface area contributed by atoms with E-state index in [1.165, 1.54) is 4.88 Å². The fourth-order valence-corrected chi connectivity index (χ4v) is 2.24. The van der Waals surface area contributed by atoms with Gasteiger partial charge in [0.25, 0.3) is 0 Å². The van der Waals surface area contributed by atoms with E-state index in [0.29, 0.717) is 13.0 Å². The van der Waals surface area contributed by atoms with E-state index in [1.807, 2.05) is 23.6 Å². The molecule has 0 spiro atoms. The first-order valence-corrected chi connectivity index (χ1v) is 6.40. The summed E-state index contributed by atoms with van der Waals surface area (Å²) < 4.78 is 0. The average Bonchev–Trinajstić information content (AvgIpc) is 2.83. The van der Waals surface area contributed by atoms with Crippen LogP contribution in [0, 0.1) is 0 Å². The summed E-state index contributed by atoms with van der Waals surface area (Å²) in [6.07, 6.45) is 4.73. The standard InChI is InChI=1S/C13H14N2OS/c16-13(9-11-3-1-6-14-10-11)15-7-5-12-4-2-8-17-12/h1-4,6,8,10H,5,7,9H2,(H,15,16). The largest absolute Gasteiger partial charge is 0.355 e. The van der Waals surface area contributed by atoms with Gasteiger partial charge in [-0.1, -0.05) is 12.1 Å². The first-order chi connectivity index (χ1) is 8.34. The number of carbonyl (C=O) groups excluding carboxylic acids is 1. The molecule has 2 aromatic heterocycles. The molecule has 0 atom stereocenters. The third kappa shape index (κ3) is 4.00. The van der Waals surface area contributed by atoms with Crippen LogP contribution in [0.15, 0.2) is 42.0 Å². The van der Waals surface area contributed by atoms with Gasteiger partial charge in [-0.2, -0.15) is 0 Å². The second kappa shape index (κ2) is 6.15. The van der Waals surface area contributed by atoms with Gasteiger partial charge in [0.05, 0.1) is 6.42 Å². The SMILES string of the molecule is O=C(Cc1cccnc1)NCCc1cccs1. The molecule has 0 aliphatic carbocycles. The van der Waals surface area contributed by atoms with E-state index in [0.717, 1.165) is 12.0 Å². The lowest BCUT2D eigenvalue weighted by Gasteiger charge is -2.03. The second-order valence-corrected chi connectivity index (χ2v) is 4.75. The van der Waals surface area contributed by atoms with E-state index in [4.69, 9.17) is 0 Å². The van der Waals surface area contributed by atoms with Crippen LogP contribution in [-0.4, -0.2) is 17.4 Å². The van der Waals surface area contributed by atoms with E-state index < -0.39 is 0 Å². The Kier molecular flexibility index (Phi) is 4.27. The molecule has 1 amide bonds. The van der Waals surface area contributed by atoms with E-state index >= 15 is 0 Å². The molecule has 3 nitrogen and oxygen atoms in total. The van der Waals surface area contributed by atoms with Crippen molar-refractivity contribution in [3.8, 4) is 0 Å². The molecule has 1 N–H and O–H groups in total. The Balaban J connectivity index is 1.71. The summed E-state index contributed by atoms with van der Waals surface area (Å²) in [5.41, 5.74) is 0.945. The zero-order chi connectivity index (χ0) is 11.9. The van der Waals surface area contributed by atoms with Gasteiger partial charge in [-0.05, 0) is 29.5 Å². The third-order valence-corrected chi connectivity index (χ3v) is 3.30. The van der Waals surface area contributed by atoms with Crippen LogP contribution in [0.4, 0.5) is 0 Å². The van der Waals surface area contributed by atoms with Crippen molar-refractivity contribution in [3.05, 3.63) is 52.5 Å². The molecular weight excluding hydrogens is 232 g/mol. The number of hydrogen-bond donors (Lipinski definition) is 1. The van der Waals surface area contributed by atoms with Gasteiger partial charge >= 0.3 is 0 Å². The van der Waals surface area contributed by atoms with Crippen molar-refractivity contribution in [2.24, 2.45) is 0 Å². The summed E-state index contributed by atoms with van der Waals surface area (Å²) in [5.74, 6) is 0.0505. The fraction of sp³-hybridized carbons (Fsp3) is 0.231. The molecule has 0 unspecified atom stereocenters. The van der Waals surface area contributed by atoms with Crippen molar-refractivity contribution >= 4 is 17.2 Å². The summed E-state index contributed by atoms with van der Waals surface area (Å²) in [5, 5.41) is 4.96. The van der Waals surface area contributed by atoms with Crippen LogP contribution in [0.1, 0.15) is 10.4 Å². The molecule has 0 radical (unpaired) electrons. The number of amides is 1. The molecule has 0 saturated carbocycles. The van der Waals surface area contributed by atoms with Crippen molar-refractivity contribution in [1.82, 2.24) is 10.3 Å². The minimum Gasteiger partial charge on any atom is -0.355 e. The van der Waals surface area contributed by atoms with Crippen molar-refractivity contribution in [1.29, 1.82) is 0 Å². The number of carbonyl (C=O) groups is 1. The van der Waals surface area contributed by atoms with E-state index in [9.17, 15) is 4.79 Å². The maximum atomic E-state index is 11.6. The summed E-state index contributed by atoms with van der Waals surface area (Å²) in [4.78, 5) is 16.9. The molecule has 4 heteroatoms. The molecule has 0 aromatic carbocycles. The highest BCUT2D eigenvalue weighted by atomic mass is 32.1. The number of nitrogens with one attached hydrogen (secondary N) is 1. The number of aromatic nitrogens is 1. The first-order valence-electron chi connectivity index (χ1n) is 5.52. The predicted molar refractivity (Wildman–Crippen MR) is 69.0 cm³/mol. The Morgan fingerprint density at radius 2 is 2.29 bits per heavy atom. The topological polar surface area (TPSA) is 42.0 Å². The molecule has 0 aliphatic rings. The zero-order valence-electron chi connectivity index (χ0n) is 9.43. The average molecular weight is 246 g/mol. The normalized spacial score (nSPS) is 10.1. The van der Waals surface area contributed by atoms with Gasteiger partial charge in [0.1, 0.15) is 0 Å². The van der Waals surface area contributed by atoms with E-state index in [-0.39, 0.29) is 5.91 Å². The van der Waals surface area contributed by atoms with Crippen LogP contribution in [0.2, 0.25) is 0 Å². The molecular formula is C13H14N2OS. The predicted octanol–water partition coefficient (Wildman–Crippen LogP) is 2.04. The van der Waals surface area contributed by atoms with Gasteiger partial charge < -0.3 is 5.32 Å². The van der Waals surface area contributed by atoms with Gasteiger partial charge in [-0.25, -0.2) is 0 Å². The lowest BCUT2D eigenvalue weighted by Crippen LogP contribution is -2.27. The number of nitrogens with zero attached hydrogens (tertiary/aromatic N) is 1. The van der Waals surface area contributed by atoms with Crippen molar-refractivity contribution in [3.63, 3.8) is 0 Å². The molecule has 0 fully saturated rings. The van der Waals surface area contributed by atoms with Crippen LogP contribution in [0.25, 0.3) is 0 Å². The highest BCUT2D eigenvalue weighted by Crippen LogP contribution is 2.08. The van der Waals surface area contributed by atoms with Crippen LogP contribution in [0.5, 0.6) is 0 Å². The maximum absolute atomic E-state index is 11.6. The minimum atomic E-state index is 0.0505. The Labute approximate surface area is 105 Å². The lowest BCUT2D eigenvalue weighted by molar-refractivity contribution is -0.120. The second-order valence-electron chi connectivity index (χ2n) is 3.72. The van der Waals surface area contributed by atoms with Crippen LogP contribution >= 0.6 is 11.3 Å². The summed E-state index contributed by atoms with van der Waals surface area (Å²) in [7, 11) is 0. The van der Waals surface area contributed by atoms with Crippen LogP contribution in [0.3, 0.4) is 0 Å². The third-order valence-electron chi connectivity index (χ3n) is 2.36. The van der Waals surface area contributed by atoms with Gasteiger partial charge in [0.2, 0.25) is 5.91 Å². The Bertz CT molecular complexity index is 454. The van der Waals surface area contributed by atoms with Gasteiger partial charge in [0.15, 0.2) is 0 Å². The number of pyridine rings is 1. The van der Waals surface area contributed by atoms with Gasteiger partial charge in [0, 0.05) is 23.8 Å². The Morgan fingerprint density at radius 1 is 1.35 bits per heavy atom. The lowest BCUT2D eigenvalue weighted by atomic mass is 10.2. The summed E-state index contributed by atoms with van der Waals surface area (Å²) in [6, 6.07) is 7.86. The fourth-order valence-electron chi connectivity index (χ4n) is 1.53. The molecule has 0 saturated heterocycles. The smallest absolute Gasteiger partial charge is 0.224 e. The molecule has 2 aromatic rings. The zero-order valence-corrected chi connectivity index (χ0v) is 10.2.